The fourth-order valence-corrected chi connectivity index (χ4v) is 1.68. The molecule has 0 unspecified atom stereocenters. The first kappa shape index (κ1) is 6.34. The normalized spacial score (nSPS) is 23.1. The summed E-state index contributed by atoms with van der Waals surface area (Å²) < 4.78 is 0. The fraction of sp³-hybridized carbons (Fsp3) is 0.714. The molecule has 46 valence electrons. The molecule has 1 saturated carbocycles. The quantitative estimate of drug-likeness (QED) is 0.574. The van der Waals surface area contributed by atoms with Crippen molar-refractivity contribution in [2.24, 2.45) is 5.92 Å². The average molecular weight is 175 g/mol. The van der Waals surface area contributed by atoms with E-state index in [0.29, 0.717) is 0 Å². The zero-order valence-corrected chi connectivity index (χ0v) is 6.52. The maximum absolute atomic E-state index is 3.28. The number of hydrogen-bond acceptors (Lipinski definition) is 0. The predicted octanol–water partition coefficient (Wildman–Crippen LogP) is 3.09. The van der Waals surface area contributed by atoms with E-state index in [1.165, 1.54) is 25.7 Å². The molecule has 1 aliphatic carbocycles. The van der Waals surface area contributed by atoms with E-state index in [1.807, 2.05) is 4.99 Å². The Morgan fingerprint density at radius 2 is 1.88 bits per heavy atom. The highest BCUT2D eigenvalue weighted by Gasteiger charge is 2.10. The maximum Gasteiger partial charge on any atom is -0.0225 e. The first-order valence-electron chi connectivity index (χ1n) is 3.20. The summed E-state index contributed by atoms with van der Waals surface area (Å²) in [7, 11) is 0. The lowest BCUT2D eigenvalue weighted by molar-refractivity contribution is 0.687. The van der Waals surface area contributed by atoms with Crippen molar-refractivity contribution in [3.8, 4) is 0 Å². The Balaban J connectivity index is 2.24. The van der Waals surface area contributed by atoms with Crippen LogP contribution >= 0.6 is 15.9 Å². The van der Waals surface area contributed by atoms with E-state index in [-0.39, 0.29) is 0 Å². The van der Waals surface area contributed by atoms with Crippen LogP contribution in [0.2, 0.25) is 0 Å². The van der Waals surface area contributed by atoms with Gasteiger partial charge in [0.05, 0.1) is 0 Å². The lowest BCUT2D eigenvalue weighted by Gasteiger charge is -1.96. The van der Waals surface area contributed by atoms with Gasteiger partial charge in [-0.15, -0.1) is 0 Å². The number of hydrogen-bond donors (Lipinski definition) is 0. The Labute approximate surface area is 59.1 Å². The molecule has 0 nitrogen and oxygen atoms in total. The zero-order valence-electron chi connectivity index (χ0n) is 4.94. The SMILES string of the molecule is Br/C=C\C1CCCC1. The minimum Gasteiger partial charge on any atom is -0.0745 e. The highest BCUT2D eigenvalue weighted by atomic mass is 79.9. The molecule has 0 N–H and O–H groups in total. The molecule has 0 atom stereocenters. The van der Waals surface area contributed by atoms with Crippen LogP contribution in [0.4, 0.5) is 0 Å². The van der Waals surface area contributed by atoms with E-state index in [9.17, 15) is 0 Å². The van der Waals surface area contributed by atoms with Gasteiger partial charge in [0.25, 0.3) is 0 Å². The Morgan fingerprint density at radius 1 is 1.25 bits per heavy atom. The molecule has 0 saturated heterocycles. The second-order valence-corrected chi connectivity index (χ2v) is 2.89. The van der Waals surface area contributed by atoms with Gasteiger partial charge in [-0.1, -0.05) is 34.8 Å². The molecule has 1 aliphatic rings. The molecule has 0 amide bonds. The molecule has 0 radical (unpaired) electrons. The summed E-state index contributed by atoms with van der Waals surface area (Å²) in [6.07, 6.45) is 7.93. The van der Waals surface area contributed by atoms with Gasteiger partial charge in [-0.25, -0.2) is 0 Å². The van der Waals surface area contributed by atoms with Crippen molar-refractivity contribution in [3.05, 3.63) is 11.1 Å². The third-order valence-corrected chi connectivity index (χ3v) is 2.05. The van der Waals surface area contributed by atoms with Gasteiger partial charge in [0.15, 0.2) is 0 Å². The molecule has 0 aromatic heterocycles. The van der Waals surface area contributed by atoms with Crippen molar-refractivity contribution in [2.75, 3.05) is 0 Å². The van der Waals surface area contributed by atoms with Crippen molar-refractivity contribution in [1.82, 2.24) is 0 Å². The summed E-state index contributed by atoms with van der Waals surface area (Å²) in [5.41, 5.74) is 0. The van der Waals surface area contributed by atoms with Crippen molar-refractivity contribution in [1.29, 1.82) is 0 Å². The molecule has 1 fully saturated rings. The van der Waals surface area contributed by atoms with Gasteiger partial charge < -0.3 is 0 Å². The first-order valence-corrected chi connectivity index (χ1v) is 4.12. The van der Waals surface area contributed by atoms with Gasteiger partial charge in [-0.05, 0) is 23.7 Å². The number of halogens is 1. The highest BCUT2D eigenvalue weighted by molar-refractivity contribution is 9.11. The lowest BCUT2D eigenvalue weighted by atomic mass is 10.1. The standard InChI is InChI=1S/C7H11Br/c8-6-5-7-3-1-2-4-7/h5-7H,1-4H2/b6-5-. The number of allylic oxidation sites excluding steroid dienone is 1. The molecule has 0 bridgehead atoms. The molecular weight excluding hydrogens is 164 g/mol. The summed E-state index contributed by atoms with van der Waals surface area (Å²) in [6.45, 7) is 0. The Kier molecular flexibility index (Phi) is 2.60. The van der Waals surface area contributed by atoms with Gasteiger partial charge in [-0.2, -0.15) is 0 Å². The minimum absolute atomic E-state index is 0.884. The van der Waals surface area contributed by atoms with Crippen molar-refractivity contribution < 1.29 is 0 Å². The molecule has 0 aromatic carbocycles. The Hall–Kier alpha value is 0.220. The molecule has 8 heavy (non-hydrogen) atoms. The van der Waals surface area contributed by atoms with Crippen LogP contribution in [0.1, 0.15) is 25.7 Å². The molecule has 1 heteroatoms. The van der Waals surface area contributed by atoms with Gasteiger partial charge in [-0.3, -0.25) is 0 Å². The Morgan fingerprint density at radius 3 is 2.38 bits per heavy atom. The van der Waals surface area contributed by atoms with E-state index in [4.69, 9.17) is 0 Å². The van der Waals surface area contributed by atoms with Crippen LogP contribution in [0.15, 0.2) is 11.1 Å². The van der Waals surface area contributed by atoms with Crippen LogP contribution in [0.3, 0.4) is 0 Å². The van der Waals surface area contributed by atoms with Crippen molar-refractivity contribution in [2.45, 2.75) is 25.7 Å². The highest BCUT2D eigenvalue weighted by Crippen LogP contribution is 2.25. The summed E-state index contributed by atoms with van der Waals surface area (Å²) >= 11 is 3.28. The van der Waals surface area contributed by atoms with Crippen LogP contribution in [0.25, 0.3) is 0 Å². The average Bonchev–Trinajstić information content (AvgIpc) is 2.19. The van der Waals surface area contributed by atoms with Crippen LogP contribution in [0, 0.1) is 5.92 Å². The number of rotatable bonds is 1. The fourth-order valence-electron chi connectivity index (χ4n) is 1.25. The minimum atomic E-state index is 0.884. The zero-order chi connectivity index (χ0) is 5.82. The second-order valence-electron chi connectivity index (χ2n) is 2.36. The summed E-state index contributed by atoms with van der Waals surface area (Å²) in [5, 5.41) is 0. The third-order valence-electron chi connectivity index (χ3n) is 1.74. The summed E-state index contributed by atoms with van der Waals surface area (Å²) in [4.78, 5) is 1.99. The molecule has 0 aromatic rings. The largest absolute Gasteiger partial charge is 0.0745 e. The maximum atomic E-state index is 3.28. The predicted molar refractivity (Wildman–Crippen MR) is 40.0 cm³/mol. The van der Waals surface area contributed by atoms with Crippen molar-refractivity contribution in [3.63, 3.8) is 0 Å². The van der Waals surface area contributed by atoms with Gasteiger partial charge in [0.1, 0.15) is 0 Å². The molecule has 0 heterocycles. The van der Waals surface area contributed by atoms with Crippen LogP contribution < -0.4 is 0 Å². The van der Waals surface area contributed by atoms with Crippen LogP contribution in [-0.4, -0.2) is 0 Å². The van der Waals surface area contributed by atoms with E-state index >= 15 is 0 Å². The lowest BCUT2D eigenvalue weighted by Crippen LogP contribution is -1.82. The van der Waals surface area contributed by atoms with Crippen LogP contribution in [0.5, 0.6) is 0 Å². The topological polar surface area (TPSA) is 0 Å². The van der Waals surface area contributed by atoms with Gasteiger partial charge >= 0.3 is 0 Å². The van der Waals surface area contributed by atoms with Gasteiger partial charge in [0, 0.05) is 0 Å². The van der Waals surface area contributed by atoms with Crippen LogP contribution in [-0.2, 0) is 0 Å². The Bertz CT molecular complexity index is 80.4. The van der Waals surface area contributed by atoms with Crippen molar-refractivity contribution >= 4 is 15.9 Å². The monoisotopic (exact) mass is 174 g/mol. The van der Waals surface area contributed by atoms with E-state index in [0.717, 1.165) is 5.92 Å². The van der Waals surface area contributed by atoms with E-state index in [1.54, 1.807) is 0 Å². The third kappa shape index (κ3) is 1.62. The molecule has 0 aliphatic heterocycles. The van der Waals surface area contributed by atoms with E-state index in [2.05, 4.69) is 22.0 Å². The van der Waals surface area contributed by atoms with Gasteiger partial charge in [0.2, 0.25) is 0 Å². The molecule has 1 rings (SSSR count). The summed E-state index contributed by atoms with van der Waals surface area (Å²) in [5.74, 6) is 0.884. The first-order chi connectivity index (χ1) is 3.93. The molecular formula is C7H11Br. The summed E-state index contributed by atoms with van der Waals surface area (Å²) in [6, 6.07) is 0. The second kappa shape index (κ2) is 3.29. The smallest absolute Gasteiger partial charge is 0.0225 e. The van der Waals surface area contributed by atoms with E-state index < -0.39 is 0 Å². The molecule has 0 spiro atoms.